The minimum Gasteiger partial charge on any atom is -0.482 e. The van der Waals surface area contributed by atoms with E-state index in [1.54, 1.807) is 6.92 Å². The van der Waals surface area contributed by atoms with Crippen LogP contribution in [0.3, 0.4) is 0 Å². The van der Waals surface area contributed by atoms with Crippen LogP contribution in [0.1, 0.15) is 18.9 Å². The van der Waals surface area contributed by atoms with E-state index in [-0.39, 0.29) is 26.2 Å². The van der Waals surface area contributed by atoms with Crippen molar-refractivity contribution in [2.75, 3.05) is 26.1 Å². The third-order valence-corrected chi connectivity index (χ3v) is 3.16. The van der Waals surface area contributed by atoms with Crippen molar-refractivity contribution in [1.82, 2.24) is 0 Å². The smallest absolute Gasteiger partial charge is 0.344 e. The fraction of sp³-hybridized carbons (Fsp3) is 0.500. The number of esters is 1. The molecule has 0 aromatic heterocycles. The van der Waals surface area contributed by atoms with Gasteiger partial charge in [-0.05, 0) is 43.5 Å². The maximum absolute atomic E-state index is 13.6. The van der Waals surface area contributed by atoms with Gasteiger partial charge in [0.2, 0.25) is 0 Å². The quantitative estimate of drug-likeness (QED) is 0.388. The average molecular weight is 334 g/mol. The number of rotatable bonds is 9. The molecule has 0 aliphatic rings. The van der Waals surface area contributed by atoms with Gasteiger partial charge in [-0.3, -0.25) is 4.18 Å². The number of halogens is 1. The molecule has 0 heterocycles. The van der Waals surface area contributed by atoms with Gasteiger partial charge in [0.25, 0.3) is 10.1 Å². The second-order valence-corrected chi connectivity index (χ2v) is 6.12. The Hall–Kier alpha value is -1.67. The Labute approximate surface area is 129 Å². The SMILES string of the molecule is CCOC(=O)COc1ccc(F)c(CCCOS(C)(=O)=O)c1. The lowest BCUT2D eigenvalue weighted by Crippen LogP contribution is -2.14. The third kappa shape index (κ3) is 7.37. The minimum absolute atomic E-state index is 0.0216. The first kappa shape index (κ1) is 18.4. The molecule has 6 nitrogen and oxygen atoms in total. The summed E-state index contributed by atoms with van der Waals surface area (Å²) in [5.41, 5.74) is 0.360. The number of hydrogen-bond acceptors (Lipinski definition) is 6. The van der Waals surface area contributed by atoms with E-state index >= 15 is 0 Å². The van der Waals surface area contributed by atoms with Crippen LogP contribution in [0.25, 0.3) is 0 Å². The van der Waals surface area contributed by atoms with Crippen molar-refractivity contribution in [3.8, 4) is 5.75 Å². The Morgan fingerprint density at radius 1 is 1.32 bits per heavy atom. The van der Waals surface area contributed by atoms with Crippen LogP contribution in [0.5, 0.6) is 5.75 Å². The molecule has 1 rings (SSSR count). The van der Waals surface area contributed by atoms with E-state index in [9.17, 15) is 17.6 Å². The maximum atomic E-state index is 13.6. The summed E-state index contributed by atoms with van der Waals surface area (Å²) in [5, 5.41) is 0. The Kier molecular flexibility index (Phi) is 7.26. The highest BCUT2D eigenvalue weighted by Crippen LogP contribution is 2.18. The molecular formula is C14H19FO6S. The van der Waals surface area contributed by atoms with E-state index < -0.39 is 21.9 Å². The zero-order valence-electron chi connectivity index (χ0n) is 12.5. The molecule has 0 saturated carbocycles. The van der Waals surface area contributed by atoms with Gasteiger partial charge in [0.1, 0.15) is 11.6 Å². The summed E-state index contributed by atoms with van der Waals surface area (Å²) < 4.78 is 49.8. The van der Waals surface area contributed by atoms with Crippen LogP contribution >= 0.6 is 0 Å². The van der Waals surface area contributed by atoms with Gasteiger partial charge in [-0.1, -0.05) is 0 Å². The zero-order chi connectivity index (χ0) is 16.6. The molecule has 124 valence electrons. The summed E-state index contributed by atoms with van der Waals surface area (Å²) >= 11 is 0. The number of carbonyl (C=O) groups is 1. The zero-order valence-corrected chi connectivity index (χ0v) is 13.3. The van der Waals surface area contributed by atoms with Crippen molar-refractivity contribution in [3.63, 3.8) is 0 Å². The molecule has 0 spiro atoms. The summed E-state index contributed by atoms with van der Waals surface area (Å²) in [6.07, 6.45) is 1.58. The molecule has 0 saturated heterocycles. The number of benzene rings is 1. The minimum atomic E-state index is -3.49. The largest absolute Gasteiger partial charge is 0.482 e. The summed E-state index contributed by atoms with van der Waals surface area (Å²) in [4.78, 5) is 11.2. The van der Waals surface area contributed by atoms with Crippen LogP contribution in [-0.4, -0.2) is 40.5 Å². The molecule has 0 atom stereocenters. The van der Waals surface area contributed by atoms with E-state index in [1.165, 1.54) is 18.2 Å². The third-order valence-electron chi connectivity index (χ3n) is 2.57. The van der Waals surface area contributed by atoms with Crippen molar-refractivity contribution >= 4 is 16.1 Å². The first-order valence-electron chi connectivity index (χ1n) is 6.73. The summed E-state index contributed by atoms with van der Waals surface area (Å²) in [7, 11) is -3.49. The standard InChI is InChI=1S/C14H19FO6S/c1-3-19-14(16)10-20-12-6-7-13(15)11(9-12)5-4-8-21-22(2,17)18/h6-7,9H,3-5,8,10H2,1-2H3. The van der Waals surface area contributed by atoms with Crippen LogP contribution in [0, 0.1) is 5.82 Å². The molecule has 0 unspecified atom stereocenters. The lowest BCUT2D eigenvalue weighted by Gasteiger charge is -2.09. The number of ether oxygens (including phenoxy) is 2. The van der Waals surface area contributed by atoms with E-state index in [0.717, 1.165) is 6.26 Å². The predicted molar refractivity (Wildman–Crippen MR) is 77.6 cm³/mol. The van der Waals surface area contributed by atoms with Crippen molar-refractivity contribution in [2.24, 2.45) is 0 Å². The van der Waals surface area contributed by atoms with Crippen LogP contribution in [0.4, 0.5) is 4.39 Å². The molecular weight excluding hydrogens is 315 g/mol. The predicted octanol–water partition coefficient (Wildman–Crippen LogP) is 1.68. The van der Waals surface area contributed by atoms with Crippen LogP contribution in [-0.2, 0) is 30.3 Å². The fourth-order valence-electron chi connectivity index (χ4n) is 1.65. The molecule has 22 heavy (non-hydrogen) atoms. The highest BCUT2D eigenvalue weighted by molar-refractivity contribution is 7.85. The van der Waals surface area contributed by atoms with Crippen LogP contribution in [0.2, 0.25) is 0 Å². The van der Waals surface area contributed by atoms with Gasteiger partial charge in [0.05, 0.1) is 19.5 Å². The van der Waals surface area contributed by atoms with Crippen molar-refractivity contribution in [3.05, 3.63) is 29.6 Å². The number of hydrogen-bond donors (Lipinski definition) is 0. The summed E-state index contributed by atoms with van der Waals surface area (Å²) in [6.45, 7) is 1.67. The molecule has 1 aromatic carbocycles. The highest BCUT2D eigenvalue weighted by atomic mass is 32.2. The topological polar surface area (TPSA) is 78.9 Å². The fourth-order valence-corrected chi connectivity index (χ4v) is 2.07. The molecule has 0 aliphatic carbocycles. The molecule has 0 N–H and O–H groups in total. The van der Waals surface area contributed by atoms with Gasteiger partial charge in [-0.2, -0.15) is 8.42 Å². The van der Waals surface area contributed by atoms with E-state index in [2.05, 4.69) is 4.18 Å². The van der Waals surface area contributed by atoms with E-state index in [1.807, 2.05) is 0 Å². The van der Waals surface area contributed by atoms with E-state index in [4.69, 9.17) is 9.47 Å². The van der Waals surface area contributed by atoms with Crippen molar-refractivity contribution < 1.29 is 31.3 Å². The first-order valence-corrected chi connectivity index (χ1v) is 8.54. The Morgan fingerprint density at radius 3 is 2.68 bits per heavy atom. The Bertz CT molecular complexity index is 599. The normalized spacial score (nSPS) is 11.2. The second-order valence-electron chi connectivity index (χ2n) is 4.48. The summed E-state index contributed by atoms with van der Waals surface area (Å²) in [5.74, 6) is -0.591. The van der Waals surface area contributed by atoms with Crippen LogP contribution < -0.4 is 4.74 Å². The average Bonchev–Trinajstić information content (AvgIpc) is 2.43. The molecule has 0 amide bonds. The van der Waals surface area contributed by atoms with Crippen molar-refractivity contribution in [1.29, 1.82) is 0 Å². The van der Waals surface area contributed by atoms with Gasteiger partial charge in [-0.25, -0.2) is 9.18 Å². The first-order chi connectivity index (χ1) is 10.3. The molecule has 0 radical (unpaired) electrons. The van der Waals surface area contributed by atoms with Gasteiger partial charge >= 0.3 is 5.97 Å². The highest BCUT2D eigenvalue weighted by Gasteiger charge is 2.08. The van der Waals surface area contributed by atoms with Gasteiger partial charge in [0, 0.05) is 0 Å². The molecule has 0 fully saturated rings. The molecule has 1 aromatic rings. The monoisotopic (exact) mass is 334 g/mol. The van der Waals surface area contributed by atoms with Gasteiger partial charge in [-0.15, -0.1) is 0 Å². The molecule has 0 bridgehead atoms. The Morgan fingerprint density at radius 2 is 2.05 bits per heavy atom. The van der Waals surface area contributed by atoms with E-state index in [0.29, 0.717) is 17.7 Å². The lowest BCUT2D eigenvalue weighted by atomic mass is 10.1. The second kappa shape index (κ2) is 8.70. The van der Waals surface area contributed by atoms with Crippen molar-refractivity contribution in [2.45, 2.75) is 19.8 Å². The molecule has 0 aliphatic heterocycles. The summed E-state index contributed by atoms with van der Waals surface area (Å²) in [6, 6.07) is 4.10. The lowest BCUT2D eigenvalue weighted by molar-refractivity contribution is -0.145. The molecule has 8 heteroatoms. The number of carbonyl (C=O) groups excluding carboxylic acids is 1. The number of aryl methyl sites for hydroxylation is 1. The van der Waals surface area contributed by atoms with Gasteiger partial charge in [0.15, 0.2) is 6.61 Å². The Balaban J connectivity index is 2.53. The maximum Gasteiger partial charge on any atom is 0.344 e. The van der Waals surface area contributed by atoms with Crippen LogP contribution in [0.15, 0.2) is 18.2 Å². The van der Waals surface area contributed by atoms with Gasteiger partial charge < -0.3 is 9.47 Å².